The zero-order chi connectivity index (χ0) is 22.2. The number of thiophene rings is 1. The molecule has 0 amide bonds. The number of terminal acetylenes is 1. The Labute approximate surface area is 188 Å². The molecule has 156 valence electrons. The van der Waals surface area contributed by atoms with Gasteiger partial charge >= 0.3 is 5.97 Å². The van der Waals surface area contributed by atoms with Crippen molar-refractivity contribution in [1.29, 1.82) is 0 Å². The molecule has 0 N–H and O–H groups in total. The van der Waals surface area contributed by atoms with Crippen molar-refractivity contribution in [2.75, 3.05) is 0 Å². The van der Waals surface area contributed by atoms with Crippen molar-refractivity contribution >= 4 is 22.9 Å². The van der Waals surface area contributed by atoms with Gasteiger partial charge in [0.05, 0.1) is 5.56 Å². The first kappa shape index (κ1) is 21.2. The average Bonchev–Trinajstić information content (AvgIpc) is 3.19. The van der Waals surface area contributed by atoms with Gasteiger partial charge in [0.1, 0.15) is 6.11 Å². The Kier molecular flexibility index (Phi) is 5.60. The molecule has 0 unspecified atom stereocenters. The van der Waals surface area contributed by atoms with E-state index in [1.165, 1.54) is 26.5 Å². The molecule has 3 heteroatoms. The Hall–Kier alpha value is -3.09. The standard InChI is InChI=1S/C28H26O2S/c1-6-19-16-20(9-11-22(19)27(29)30-7-2)21-10-12-25-24(17-21)23(14-15-28(25,4)5)26-13-8-18(3)31-26/h2,8-14,16-17H,6,15H2,1,3-5H3. The number of hydrogen-bond acceptors (Lipinski definition) is 3. The maximum atomic E-state index is 12.2. The number of esters is 1. The number of hydrogen-bond donors (Lipinski definition) is 0. The maximum Gasteiger partial charge on any atom is 0.352 e. The van der Waals surface area contributed by atoms with Crippen LogP contribution in [0.2, 0.25) is 0 Å². The van der Waals surface area contributed by atoms with E-state index in [-0.39, 0.29) is 5.41 Å². The van der Waals surface area contributed by atoms with Gasteiger partial charge in [-0.25, -0.2) is 4.79 Å². The van der Waals surface area contributed by atoms with Gasteiger partial charge in [0, 0.05) is 9.75 Å². The summed E-state index contributed by atoms with van der Waals surface area (Å²) in [4.78, 5) is 14.8. The molecule has 0 radical (unpaired) electrons. The van der Waals surface area contributed by atoms with Gasteiger partial charge < -0.3 is 4.74 Å². The molecule has 0 saturated carbocycles. The molecule has 0 bridgehead atoms. The van der Waals surface area contributed by atoms with E-state index in [0.717, 1.165) is 29.5 Å². The van der Waals surface area contributed by atoms with Crippen molar-refractivity contribution in [3.8, 4) is 23.7 Å². The largest absolute Gasteiger partial charge is 0.369 e. The molecule has 4 rings (SSSR count). The minimum atomic E-state index is -0.476. The molecule has 0 fully saturated rings. The highest BCUT2D eigenvalue weighted by Crippen LogP contribution is 2.44. The number of ether oxygens (including phenoxy) is 1. The second kappa shape index (κ2) is 8.21. The van der Waals surface area contributed by atoms with Gasteiger partial charge in [0.2, 0.25) is 0 Å². The molecule has 1 heterocycles. The van der Waals surface area contributed by atoms with Crippen molar-refractivity contribution in [3.05, 3.63) is 86.6 Å². The quantitative estimate of drug-likeness (QED) is 0.327. The lowest BCUT2D eigenvalue weighted by Crippen LogP contribution is -2.21. The van der Waals surface area contributed by atoms with Crippen LogP contribution in [0, 0.1) is 19.5 Å². The summed E-state index contributed by atoms with van der Waals surface area (Å²) >= 11 is 1.84. The van der Waals surface area contributed by atoms with E-state index in [0.29, 0.717) is 5.56 Å². The molecule has 3 aromatic rings. The molecule has 2 aromatic carbocycles. The zero-order valence-corrected chi connectivity index (χ0v) is 19.2. The van der Waals surface area contributed by atoms with Crippen LogP contribution in [0.15, 0.2) is 54.6 Å². The lowest BCUT2D eigenvalue weighted by atomic mass is 9.72. The molecule has 0 saturated heterocycles. The lowest BCUT2D eigenvalue weighted by Gasteiger charge is -2.32. The summed E-state index contributed by atoms with van der Waals surface area (Å²) in [5, 5.41) is 0. The minimum Gasteiger partial charge on any atom is -0.369 e. The van der Waals surface area contributed by atoms with Crippen LogP contribution >= 0.6 is 11.3 Å². The monoisotopic (exact) mass is 426 g/mol. The molecule has 0 spiro atoms. The van der Waals surface area contributed by atoms with E-state index in [2.05, 4.69) is 63.2 Å². The topological polar surface area (TPSA) is 26.3 Å². The summed E-state index contributed by atoms with van der Waals surface area (Å²) in [6, 6.07) is 17.0. The van der Waals surface area contributed by atoms with Gasteiger partial charge in [-0.15, -0.1) is 11.3 Å². The van der Waals surface area contributed by atoms with E-state index in [1.807, 2.05) is 36.5 Å². The minimum absolute atomic E-state index is 0.0983. The van der Waals surface area contributed by atoms with Crippen LogP contribution in [-0.4, -0.2) is 5.97 Å². The van der Waals surface area contributed by atoms with Crippen molar-refractivity contribution in [1.82, 2.24) is 0 Å². The summed E-state index contributed by atoms with van der Waals surface area (Å²) < 4.78 is 4.76. The van der Waals surface area contributed by atoms with Crippen LogP contribution < -0.4 is 0 Å². The first-order valence-electron chi connectivity index (χ1n) is 10.6. The molecule has 0 aliphatic heterocycles. The Morgan fingerprint density at radius 3 is 2.55 bits per heavy atom. The second-order valence-electron chi connectivity index (χ2n) is 8.61. The number of benzene rings is 2. The predicted octanol–water partition coefficient (Wildman–Crippen LogP) is 7.15. The zero-order valence-electron chi connectivity index (χ0n) is 18.4. The third-order valence-electron chi connectivity index (χ3n) is 6.05. The summed E-state index contributed by atoms with van der Waals surface area (Å²) in [5.41, 5.74) is 7.78. The molecule has 31 heavy (non-hydrogen) atoms. The van der Waals surface area contributed by atoms with Gasteiger partial charge in [-0.05, 0) is 82.8 Å². The molecule has 0 atom stereocenters. The summed E-state index contributed by atoms with van der Waals surface area (Å²) in [7, 11) is 0. The number of carbonyl (C=O) groups excluding carboxylic acids is 1. The third kappa shape index (κ3) is 3.96. The molecular weight excluding hydrogens is 400 g/mol. The normalized spacial score (nSPS) is 14.4. The second-order valence-corrected chi connectivity index (χ2v) is 9.90. The Morgan fingerprint density at radius 2 is 1.87 bits per heavy atom. The maximum absolute atomic E-state index is 12.2. The number of fused-ring (bicyclic) bond motifs is 1. The van der Waals surface area contributed by atoms with Crippen molar-refractivity contribution < 1.29 is 9.53 Å². The summed E-state index contributed by atoms with van der Waals surface area (Å²) in [6.07, 6.45) is 11.2. The van der Waals surface area contributed by atoms with E-state index in [9.17, 15) is 4.79 Å². The smallest absolute Gasteiger partial charge is 0.352 e. The Morgan fingerprint density at radius 1 is 1.13 bits per heavy atom. The summed E-state index contributed by atoms with van der Waals surface area (Å²) in [6.45, 7) is 8.79. The number of allylic oxidation sites excluding steroid dienone is 1. The van der Waals surface area contributed by atoms with Gasteiger partial charge in [0.25, 0.3) is 0 Å². The van der Waals surface area contributed by atoms with Crippen molar-refractivity contribution in [2.45, 2.75) is 46.0 Å². The third-order valence-corrected chi connectivity index (χ3v) is 7.09. The molecule has 1 aliphatic rings. The van der Waals surface area contributed by atoms with Crippen LogP contribution in [0.3, 0.4) is 0 Å². The van der Waals surface area contributed by atoms with Crippen molar-refractivity contribution in [3.63, 3.8) is 0 Å². The Balaban J connectivity index is 1.81. The number of aryl methyl sites for hydroxylation is 2. The first-order valence-corrected chi connectivity index (χ1v) is 11.4. The van der Waals surface area contributed by atoms with Crippen LogP contribution in [0.25, 0.3) is 16.7 Å². The predicted molar refractivity (Wildman–Crippen MR) is 129 cm³/mol. The van der Waals surface area contributed by atoms with E-state index < -0.39 is 5.97 Å². The van der Waals surface area contributed by atoms with E-state index in [4.69, 9.17) is 11.2 Å². The van der Waals surface area contributed by atoms with Crippen LogP contribution in [-0.2, 0) is 16.6 Å². The Bertz CT molecular complexity index is 1230. The molecule has 1 aliphatic carbocycles. The first-order chi connectivity index (χ1) is 14.8. The fourth-order valence-corrected chi connectivity index (χ4v) is 5.22. The SMILES string of the molecule is C#COC(=O)c1ccc(-c2ccc3c(c2)C(c2ccc(C)s2)=CCC3(C)C)cc1CC. The van der Waals surface area contributed by atoms with Crippen LogP contribution in [0.1, 0.15) is 64.0 Å². The molecule has 2 nitrogen and oxygen atoms in total. The van der Waals surface area contributed by atoms with Crippen LogP contribution in [0.5, 0.6) is 0 Å². The highest BCUT2D eigenvalue weighted by atomic mass is 32.1. The number of rotatable bonds is 4. The van der Waals surface area contributed by atoms with Crippen molar-refractivity contribution in [2.24, 2.45) is 0 Å². The van der Waals surface area contributed by atoms with Gasteiger partial charge in [0.15, 0.2) is 0 Å². The van der Waals surface area contributed by atoms with Crippen LogP contribution in [0.4, 0.5) is 0 Å². The fourth-order valence-electron chi connectivity index (χ4n) is 4.30. The van der Waals surface area contributed by atoms with E-state index >= 15 is 0 Å². The molecule has 1 aromatic heterocycles. The van der Waals surface area contributed by atoms with E-state index in [1.54, 1.807) is 0 Å². The summed E-state index contributed by atoms with van der Waals surface area (Å²) in [5.74, 6) is -0.476. The van der Waals surface area contributed by atoms with Gasteiger partial charge in [-0.1, -0.05) is 57.5 Å². The fraction of sp³-hybridized carbons (Fsp3) is 0.250. The highest BCUT2D eigenvalue weighted by Gasteiger charge is 2.29. The van der Waals surface area contributed by atoms with Gasteiger partial charge in [-0.2, -0.15) is 0 Å². The van der Waals surface area contributed by atoms with Gasteiger partial charge in [-0.3, -0.25) is 0 Å². The highest BCUT2D eigenvalue weighted by molar-refractivity contribution is 7.13. The average molecular weight is 427 g/mol. The molecular formula is C28H26O2S. The number of carbonyl (C=O) groups is 1. The lowest BCUT2D eigenvalue weighted by molar-refractivity contribution is 0.0690.